The van der Waals surface area contributed by atoms with E-state index in [0.29, 0.717) is 50.0 Å². The van der Waals surface area contributed by atoms with Crippen LogP contribution in [0, 0.1) is 5.92 Å². The molecule has 2 aliphatic heterocycles. The van der Waals surface area contributed by atoms with Crippen LogP contribution in [0.1, 0.15) is 46.5 Å². The van der Waals surface area contributed by atoms with Crippen molar-refractivity contribution in [2.24, 2.45) is 5.92 Å². The van der Waals surface area contributed by atoms with E-state index in [9.17, 15) is 14.4 Å². The fourth-order valence-corrected chi connectivity index (χ4v) is 5.22. The highest BCUT2D eigenvalue weighted by molar-refractivity contribution is 6.10. The molecular weight excluding hydrogens is 452 g/mol. The Morgan fingerprint density at radius 1 is 1.14 bits per heavy atom. The Morgan fingerprint density at radius 3 is 2.54 bits per heavy atom. The van der Waals surface area contributed by atoms with Gasteiger partial charge in [-0.1, -0.05) is 19.8 Å². The van der Waals surface area contributed by atoms with Crippen LogP contribution in [0.5, 0.6) is 11.5 Å². The molecule has 0 unspecified atom stereocenters. The van der Waals surface area contributed by atoms with Crippen LogP contribution in [0.4, 0.5) is 16.2 Å². The fraction of sp³-hybridized carbons (Fsp3) is 0.640. The molecule has 4 rings (SSSR count). The summed E-state index contributed by atoms with van der Waals surface area (Å²) in [5.41, 5.74) is 0.414. The first-order chi connectivity index (χ1) is 16.9. The predicted molar refractivity (Wildman–Crippen MR) is 131 cm³/mol. The molecule has 10 heteroatoms. The van der Waals surface area contributed by atoms with Crippen molar-refractivity contribution < 1.29 is 28.6 Å². The van der Waals surface area contributed by atoms with Gasteiger partial charge in [0.25, 0.3) is 5.91 Å². The number of hydrogen-bond acceptors (Lipinski definition) is 7. The number of urea groups is 1. The number of benzene rings is 1. The van der Waals surface area contributed by atoms with E-state index in [2.05, 4.69) is 15.5 Å². The lowest BCUT2D eigenvalue weighted by atomic mass is 9.73. The fourth-order valence-electron chi connectivity index (χ4n) is 5.22. The minimum absolute atomic E-state index is 0.0341. The molecule has 3 fully saturated rings. The summed E-state index contributed by atoms with van der Waals surface area (Å²) >= 11 is 0. The van der Waals surface area contributed by atoms with E-state index in [1.54, 1.807) is 6.07 Å². The molecule has 35 heavy (non-hydrogen) atoms. The van der Waals surface area contributed by atoms with Crippen LogP contribution in [0.25, 0.3) is 0 Å². The van der Waals surface area contributed by atoms with Gasteiger partial charge in [-0.15, -0.1) is 0 Å². The minimum atomic E-state index is -0.895. The van der Waals surface area contributed by atoms with Crippen molar-refractivity contribution in [3.05, 3.63) is 12.1 Å². The highest BCUT2D eigenvalue weighted by Gasteiger charge is 2.55. The number of ether oxygens (including phenoxy) is 3. The van der Waals surface area contributed by atoms with Crippen LogP contribution in [-0.2, 0) is 14.3 Å². The van der Waals surface area contributed by atoms with E-state index < -0.39 is 17.5 Å². The number of hydrogen-bond donors (Lipinski definition) is 2. The van der Waals surface area contributed by atoms with Gasteiger partial charge >= 0.3 is 6.03 Å². The van der Waals surface area contributed by atoms with Crippen LogP contribution < -0.4 is 25.0 Å². The Balaban J connectivity index is 1.53. The third-order valence-electron chi connectivity index (χ3n) is 7.09. The number of rotatable bonds is 8. The van der Waals surface area contributed by atoms with E-state index in [4.69, 9.17) is 14.2 Å². The predicted octanol–water partition coefficient (Wildman–Crippen LogP) is 2.76. The third-order valence-corrected chi connectivity index (χ3v) is 7.09. The van der Waals surface area contributed by atoms with Gasteiger partial charge < -0.3 is 29.7 Å². The summed E-state index contributed by atoms with van der Waals surface area (Å²) in [6.07, 6.45) is 3.39. The topological polar surface area (TPSA) is 109 Å². The molecule has 2 atom stereocenters. The van der Waals surface area contributed by atoms with Crippen LogP contribution in [0.2, 0.25) is 0 Å². The first-order valence-electron chi connectivity index (χ1n) is 12.6. The summed E-state index contributed by atoms with van der Waals surface area (Å²) in [5, 5.41) is 5.72. The number of morpholine rings is 1. The molecule has 4 amide bonds. The van der Waals surface area contributed by atoms with Crippen LogP contribution >= 0.6 is 0 Å². The molecule has 192 valence electrons. The quantitative estimate of drug-likeness (QED) is 0.542. The number of imide groups is 1. The smallest absolute Gasteiger partial charge is 0.325 e. The zero-order valence-electron chi connectivity index (χ0n) is 20.9. The maximum Gasteiger partial charge on any atom is 0.325 e. The minimum Gasteiger partial charge on any atom is -0.492 e. The van der Waals surface area contributed by atoms with Gasteiger partial charge in [0.1, 0.15) is 23.6 Å². The molecule has 1 aromatic carbocycles. The van der Waals surface area contributed by atoms with E-state index in [-0.39, 0.29) is 18.4 Å². The molecule has 1 aliphatic carbocycles. The Labute approximate surface area is 206 Å². The molecule has 2 saturated heterocycles. The Kier molecular flexibility index (Phi) is 7.69. The van der Waals surface area contributed by atoms with Crippen molar-refractivity contribution >= 4 is 29.2 Å². The molecular formula is C25H36N4O6. The highest BCUT2D eigenvalue weighted by atomic mass is 16.5. The SMILES string of the molecule is CCOc1cc(N2CCOCC2)c(OCC)cc1NC(=O)CN1C(=O)N[C@@]2(CCCC[C@@H]2C)C1=O. The van der Waals surface area contributed by atoms with Gasteiger partial charge in [0.15, 0.2) is 0 Å². The van der Waals surface area contributed by atoms with Crippen molar-refractivity contribution in [3.8, 4) is 11.5 Å². The van der Waals surface area contributed by atoms with Crippen molar-refractivity contribution in [2.75, 3.05) is 56.3 Å². The number of carbonyl (C=O) groups is 3. The summed E-state index contributed by atoms with van der Waals surface area (Å²) in [6.45, 7) is 8.97. The average molecular weight is 489 g/mol. The maximum atomic E-state index is 13.2. The molecule has 3 aliphatic rings. The van der Waals surface area contributed by atoms with Crippen LogP contribution in [0.15, 0.2) is 12.1 Å². The summed E-state index contributed by atoms with van der Waals surface area (Å²) in [6, 6.07) is 3.09. The van der Waals surface area contributed by atoms with Gasteiger partial charge in [0, 0.05) is 25.2 Å². The van der Waals surface area contributed by atoms with Crippen LogP contribution in [0.3, 0.4) is 0 Å². The Hall–Kier alpha value is -3.01. The zero-order chi connectivity index (χ0) is 25.0. The monoisotopic (exact) mass is 488 g/mol. The van der Waals surface area contributed by atoms with E-state index >= 15 is 0 Å². The van der Waals surface area contributed by atoms with Crippen molar-refractivity contribution in [3.63, 3.8) is 0 Å². The molecule has 2 heterocycles. The molecule has 0 aromatic heterocycles. The lowest BCUT2D eigenvalue weighted by molar-refractivity contribution is -0.136. The standard InChI is InChI=1S/C25H36N4O6/c1-4-34-20-15-19(28-10-12-33-13-11-28)21(35-5-2)14-18(20)26-22(30)16-29-23(31)25(27-24(29)32)9-7-6-8-17(25)3/h14-15,17H,4-13,16H2,1-3H3,(H,26,30)(H,27,32)/t17-,25+/m0/s1. The normalized spacial score (nSPS) is 24.5. The number of carbonyl (C=O) groups excluding carboxylic acids is 3. The zero-order valence-corrected chi connectivity index (χ0v) is 20.9. The second-order valence-electron chi connectivity index (χ2n) is 9.27. The summed E-state index contributed by atoms with van der Waals surface area (Å²) in [7, 11) is 0. The van der Waals surface area contributed by atoms with Gasteiger partial charge in [-0.2, -0.15) is 0 Å². The molecule has 0 bridgehead atoms. The van der Waals surface area contributed by atoms with Crippen molar-refractivity contribution in [1.82, 2.24) is 10.2 Å². The number of nitrogens with one attached hydrogen (secondary N) is 2. The maximum absolute atomic E-state index is 13.2. The van der Waals surface area contributed by atoms with Crippen molar-refractivity contribution in [1.29, 1.82) is 0 Å². The lowest BCUT2D eigenvalue weighted by Crippen LogP contribution is -2.54. The third kappa shape index (κ3) is 5.03. The molecule has 1 spiro atoms. The summed E-state index contributed by atoms with van der Waals surface area (Å²) in [5.74, 6) is 0.370. The molecule has 10 nitrogen and oxygen atoms in total. The summed E-state index contributed by atoms with van der Waals surface area (Å²) < 4.78 is 17.2. The first kappa shape index (κ1) is 25.1. The average Bonchev–Trinajstić information content (AvgIpc) is 3.08. The van der Waals surface area contributed by atoms with Gasteiger partial charge in [-0.25, -0.2) is 4.79 Å². The van der Waals surface area contributed by atoms with Crippen LogP contribution in [-0.4, -0.2) is 74.3 Å². The Morgan fingerprint density at radius 2 is 1.86 bits per heavy atom. The largest absolute Gasteiger partial charge is 0.492 e. The molecule has 1 saturated carbocycles. The van der Waals surface area contributed by atoms with E-state index in [1.165, 1.54) is 0 Å². The molecule has 0 radical (unpaired) electrons. The second kappa shape index (κ2) is 10.7. The summed E-state index contributed by atoms with van der Waals surface area (Å²) in [4.78, 5) is 42.1. The van der Waals surface area contributed by atoms with Gasteiger partial charge in [-0.05, 0) is 32.6 Å². The van der Waals surface area contributed by atoms with E-state index in [0.717, 1.165) is 42.9 Å². The van der Waals surface area contributed by atoms with Gasteiger partial charge in [0.2, 0.25) is 5.91 Å². The van der Waals surface area contributed by atoms with Crippen molar-refractivity contribution in [2.45, 2.75) is 52.0 Å². The first-order valence-corrected chi connectivity index (χ1v) is 12.6. The molecule has 1 aromatic rings. The Bertz CT molecular complexity index is 964. The molecule has 2 N–H and O–H groups in total. The van der Waals surface area contributed by atoms with E-state index in [1.807, 2.05) is 26.8 Å². The van der Waals surface area contributed by atoms with Gasteiger partial charge in [0.05, 0.1) is 37.8 Å². The lowest BCUT2D eigenvalue weighted by Gasteiger charge is -2.36. The van der Waals surface area contributed by atoms with Gasteiger partial charge in [-0.3, -0.25) is 14.5 Å². The number of amides is 4. The second-order valence-corrected chi connectivity index (χ2v) is 9.27. The number of anilines is 2. The highest BCUT2D eigenvalue weighted by Crippen LogP contribution is 2.40. The number of nitrogens with zero attached hydrogens (tertiary/aromatic N) is 2.